The summed E-state index contributed by atoms with van der Waals surface area (Å²) in [6.45, 7) is 8.32. The fraction of sp³-hybridized carbons (Fsp3) is 0.600. The van der Waals surface area contributed by atoms with Crippen molar-refractivity contribution in [3.63, 3.8) is 0 Å². The zero-order valence-corrected chi connectivity index (χ0v) is 10.4. The molecule has 17 heavy (non-hydrogen) atoms. The zero-order chi connectivity index (χ0) is 12.6. The van der Waals surface area contributed by atoms with Gasteiger partial charge in [-0.2, -0.15) is 4.98 Å². The van der Waals surface area contributed by atoms with E-state index in [4.69, 9.17) is 10.3 Å². The maximum atomic E-state index is 5.83. The summed E-state index contributed by atoms with van der Waals surface area (Å²) in [5, 5.41) is 11.6. The van der Waals surface area contributed by atoms with Gasteiger partial charge in [-0.05, 0) is 6.92 Å². The van der Waals surface area contributed by atoms with Crippen molar-refractivity contribution in [2.45, 2.75) is 39.7 Å². The van der Waals surface area contributed by atoms with Gasteiger partial charge >= 0.3 is 0 Å². The van der Waals surface area contributed by atoms with Crippen LogP contribution in [0.3, 0.4) is 0 Å². The van der Waals surface area contributed by atoms with Crippen molar-refractivity contribution in [2.75, 3.05) is 5.73 Å². The molecule has 7 heteroatoms. The van der Waals surface area contributed by atoms with Crippen LogP contribution >= 0.6 is 0 Å². The van der Waals surface area contributed by atoms with Gasteiger partial charge in [-0.15, -0.1) is 5.10 Å². The molecule has 2 aromatic heterocycles. The van der Waals surface area contributed by atoms with Crippen LogP contribution in [0.25, 0.3) is 0 Å². The lowest BCUT2D eigenvalue weighted by Gasteiger charge is -2.19. The maximum absolute atomic E-state index is 5.83. The molecule has 0 aliphatic carbocycles. The van der Waals surface area contributed by atoms with E-state index in [1.54, 1.807) is 11.6 Å². The lowest BCUT2D eigenvalue weighted by Crippen LogP contribution is -2.20. The van der Waals surface area contributed by atoms with Crippen LogP contribution in [0.2, 0.25) is 0 Å². The highest BCUT2D eigenvalue weighted by Gasteiger charge is 2.24. The molecule has 2 N–H and O–H groups in total. The van der Waals surface area contributed by atoms with E-state index in [-0.39, 0.29) is 5.41 Å². The van der Waals surface area contributed by atoms with Crippen molar-refractivity contribution in [1.29, 1.82) is 0 Å². The Morgan fingerprint density at radius 1 is 1.35 bits per heavy atom. The molecular formula is C10H16N6O. The molecule has 0 aromatic carbocycles. The molecule has 0 aliphatic heterocycles. The fourth-order valence-electron chi connectivity index (χ4n) is 1.74. The molecule has 0 spiro atoms. The lowest BCUT2D eigenvalue weighted by molar-refractivity contribution is 0.355. The molecular weight excluding hydrogens is 220 g/mol. The first-order chi connectivity index (χ1) is 7.88. The molecule has 0 atom stereocenters. The van der Waals surface area contributed by atoms with Crippen LogP contribution in [0.1, 0.15) is 38.2 Å². The number of aryl methyl sites for hydroxylation is 1. The molecule has 7 nitrogen and oxygen atoms in total. The van der Waals surface area contributed by atoms with Crippen molar-refractivity contribution < 1.29 is 4.52 Å². The van der Waals surface area contributed by atoms with Crippen molar-refractivity contribution >= 4 is 5.82 Å². The smallest absolute Gasteiger partial charge is 0.248 e. The molecule has 0 aliphatic rings. The molecule has 2 rings (SSSR count). The second-order valence-corrected chi connectivity index (χ2v) is 4.97. The Morgan fingerprint density at radius 3 is 2.59 bits per heavy atom. The number of hydrogen-bond acceptors (Lipinski definition) is 6. The molecule has 2 aromatic rings. The Labute approximate surface area is 99.0 Å². The van der Waals surface area contributed by atoms with Gasteiger partial charge in [0.1, 0.15) is 6.54 Å². The number of rotatable bonds is 2. The van der Waals surface area contributed by atoms with Crippen LogP contribution in [-0.2, 0) is 12.0 Å². The van der Waals surface area contributed by atoms with Gasteiger partial charge in [0, 0.05) is 5.41 Å². The van der Waals surface area contributed by atoms with Crippen molar-refractivity contribution in [3.8, 4) is 0 Å². The summed E-state index contributed by atoms with van der Waals surface area (Å²) in [4.78, 5) is 4.13. The van der Waals surface area contributed by atoms with Crippen molar-refractivity contribution in [1.82, 2.24) is 25.1 Å². The number of aromatic nitrogens is 5. The van der Waals surface area contributed by atoms with E-state index < -0.39 is 0 Å². The highest BCUT2D eigenvalue weighted by Crippen LogP contribution is 2.26. The van der Waals surface area contributed by atoms with E-state index in [2.05, 4.69) is 41.2 Å². The first kappa shape index (κ1) is 11.6. The van der Waals surface area contributed by atoms with Crippen LogP contribution in [0.5, 0.6) is 0 Å². The minimum atomic E-state index is -0.136. The van der Waals surface area contributed by atoms with Crippen molar-refractivity contribution in [3.05, 3.63) is 17.4 Å². The summed E-state index contributed by atoms with van der Waals surface area (Å²) in [5.74, 6) is 1.54. The molecule has 0 radical (unpaired) electrons. The topological polar surface area (TPSA) is 95.7 Å². The van der Waals surface area contributed by atoms with Gasteiger partial charge in [-0.25, -0.2) is 4.68 Å². The molecule has 0 unspecified atom stereocenters. The van der Waals surface area contributed by atoms with Gasteiger partial charge in [0.05, 0.1) is 5.69 Å². The van der Waals surface area contributed by atoms with Crippen LogP contribution in [0.4, 0.5) is 5.82 Å². The number of hydrogen-bond donors (Lipinski definition) is 1. The van der Waals surface area contributed by atoms with E-state index in [0.717, 1.165) is 5.69 Å². The lowest BCUT2D eigenvalue weighted by atomic mass is 9.92. The highest BCUT2D eigenvalue weighted by atomic mass is 16.5. The quantitative estimate of drug-likeness (QED) is 0.832. The van der Waals surface area contributed by atoms with Gasteiger partial charge in [0.25, 0.3) is 0 Å². The van der Waals surface area contributed by atoms with E-state index in [0.29, 0.717) is 24.1 Å². The molecule has 0 saturated carbocycles. The third-order valence-electron chi connectivity index (χ3n) is 2.33. The van der Waals surface area contributed by atoms with Gasteiger partial charge in [0.2, 0.25) is 5.89 Å². The Balaban J connectivity index is 2.34. The first-order valence-corrected chi connectivity index (χ1v) is 5.36. The largest absolute Gasteiger partial charge is 0.381 e. The van der Waals surface area contributed by atoms with E-state index in [9.17, 15) is 0 Å². The summed E-state index contributed by atoms with van der Waals surface area (Å²) in [5.41, 5.74) is 6.56. The predicted octanol–water partition coefficient (Wildman–Crippen LogP) is 0.898. The summed E-state index contributed by atoms with van der Waals surface area (Å²) >= 11 is 0. The average Bonchev–Trinajstić information content (AvgIpc) is 2.73. The van der Waals surface area contributed by atoms with Crippen LogP contribution < -0.4 is 5.73 Å². The van der Waals surface area contributed by atoms with Gasteiger partial charge in [-0.1, -0.05) is 31.1 Å². The summed E-state index contributed by atoms with van der Waals surface area (Å²) in [6, 6.07) is 0. The van der Waals surface area contributed by atoms with Crippen LogP contribution in [0.15, 0.2) is 4.52 Å². The second kappa shape index (κ2) is 3.83. The molecule has 0 bridgehead atoms. The third-order valence-corrected chi connectivity index (χ3v) is 2.33. The second-order valence-electron chi connectivity index (χ2n) is 4.97. The normalized spacial score (nSPS) is 12.0. The van der Waals surface area contributed by atoms with E-state index in [1.165, 1.54) is 0 Å². The Bertz CT molecular complexity index is 521. The minimum absolute atomic E-state index is 0.136. The maximum Gasteiger partial charge on any atom is 0.248 e. The standard InChI is InChI=1S/C10H16N6O/c1-6-12-7(17-14-6)5-16-8(10(2,3)4)9(11)13-15-16/h5,11H2,1-4H3. The van der Waals surface area contributed by atoms with Gasteiger partial charge in [0.15, 0.2) is 11.6 Å². The predicted molar refractivity (Wildman–Crippen MR) is 61.3 cm³/mol. The van der Waals surface area contributed by atoms with Crippen LogP contribution in [0, 0.1) is 6.92 Å². The Kier molecular flexibility index (Phi) is 2.60. The van der Waals surface area contributed by atoms with Gasteiger partial charge < -0.3 is 10.3 Å². The first-order valence-electron chi connectivity index (χ1n) is 5.36. The highest BCUT2D eigenvalue weighted by molar-refractivity contribution is 5.38. The fourth-order valence-corrected chi connectivity index (χ4v) is 1.74. The Hall–Kier alpha value is -1.92. The molecule has 2 heterocycles. The van der Waals surface area contributed by atoms with E-state index in [1.807, 2.05) is 0 Å². The minimum Gasteiger partial charge on any atom is -0.381 e. The number of nitrogen functional groups attached to an aromatic ring is 1. The number of nitrogens with two attached hydrogens (primary N) is 1. The average molecular weight is 236 g/mol. The molecule has 0 fully saturated rings. The zero-order valence-electron chi connectivity index (χ0n) is 10.4. The van der Waals surface area contributed by atoms with Crippen molar-refractivity contribution in [2.24, 2.45) is 0 Å². The molecule has 0 amide bonds. The summed E-state index contributed by atoms with van der Waals surface area (Å²) < 4.78 is 6.75. The summed E-state index contributed by atoms with van der Waals surface area (Å²) in [6.07, 6.45) is 0. The number of nitrogens with zero attached hydrogens (tertiary/aromatic N) is 5. The monoisotopic (exact) mass is 236 g/mol. The SMILES string of the molecule is Cc1noc(Cn2nnc(N)c2C(C)(C)C)n1. The van der Waals surface area contributed by atoms with E-state index >= 15 is 0 Å². The number of anilines is 1. The molecule has 0 saturated heterocycles. The summed E-state index contributed by atoms with van der Waals surface area (Å²) in [7, 11) is 0. The third kappa shape index (κ3) is 2.27. The Morgan fingerprint density at radius 2 is 2.06 bits per heavy atom. The van der Waals surface area contributed by atoms with Crippen LogP contribution in [-0.4, -0.2) is 25.1 Å². The molecule has 92 valence electrons. The van der Waals surface area contributed by atoms with Gasteiger partial charge in [-0.3, -0.25) is 0 Å².